The molecular formula is C16H18N2O3S. The van der Waals surface area contributed by atoms with Crippen molar-refractivity contribution in [2.24, 2.45) is 5.10 Å². The van der Waals surface area contributed by atoms with Crippen molar-refractivity contribution in [1.29, 1.82) is 0 Å². The molecule has 5 nitrogen and oxygen atoms in total. The monoisotopic (exact) mass is 318 g/mol. The van der Waals surface area contributed by atoms with E-state index in [0.717, 1.165) is 9.98 Å². The molecule has 6 heteroatoms. The second-order valence-electron chi connectivity index (χ2n) is 4.74. The number of methoxy groups -OCH3 is 1. The van der Waals surface area contributed by atoms with Gasteiger partial charge in [-0.25, -0.2) is 0 Å². The lowest BCUT2D eigenvalue weighted by atomic mass is 10.2. The van der Waals surface area contributed by atoms with Crippen molar-refractivity contribution in [1.82, 2.24) is 4.41 Å². The third kappa shape index (κ3) is 3.46. The predicted molar refractivity (Wildman–Crippen MR) is 86.7 cm³/mol. The molecule has 0 atom stereocenters. The first-order chi connectivity index (χ1) is 10.4. The molecule has 0 aliphatic carbocycles. The Bertz CT molecular complexity index is 768. The number of sulfonamides is 1. The van der Waals surface area contributed by atoms with E-state index >= 15 is 0 Å². The fraction of sp³-hybridized carbons (Fsp3) is 0.188. The van der Waals surface area contributed by atoms with Gasteiger partial charge < -0.3 is 4.74 Å². The van der Waals surface area contributed by atoms with Crippen LogP contribution in [-0.2, 0) is 10.0 Å². The van der Waals surface area contributed by atoms with Gasteiger partial charge in [-0.1, -0.05) is 29.8 Å². The zero-order valence-electron chi connectivity index (χ0n) is 12.7. The fourth-order valence-corrected chi connectivity index (χ4v) is 2.80. The van der Waals surface area contributed by atoms with Gasteiger partial charge in [-0.3, -0.25) is 0 Å². The Kier molecular flexibility index (Phi) is 4.82. The normalized spacial score (nSPS) is 11.6. The van der Waals surface area contributed by atoms with Crippen LogP contribution in [0.5, 0.6) is 5.75 Å². The molecule has 2 rings (SSSR count). The van der Waals surface area contributed by atoms with E-state index < -0.39 is 10.0 Å². The molecular weight excluding hydrogens is 300 g/mol. The summed E-state index contributed by atoms with van der Waals surface area (Å²) in [6.07, 6.45) is 1.46. The van der Waals surface area contributed by atoms with Crippen LogP contribution in [0.25, 0.3) is 0 Å². The van der Waals surface area contributed by atoms with Gasteiger partial charge in [-0.2, -0.15) is 17.9 Å². The number of rotatable bonds is 5. The van der Waals surface area contributed by atoms with Crippen molar-refractivity contribution in [2.75, 3.05) is 14.2 Å². The van der Waals surface area contributed by atoms with E-state index in [9.17, 15) is 8.42 Å². The van der Waals surface area contributed by atoms with Gasteiger partial charge in [0.15, 0.2) is 0 Å². The Morgan fingerprint density at radius 1 is 1.09 bits per heavy atom. The Hall–Kier alpha value is -2.34. The quantitative estimate of drug-likeness (QED) is 0.629. The molecule has 0 amide bonds. The minimum Gasteiger partial charge on any atom is -0.496 e. The first-order valence-electron chi connectivity index (χ1n) is 6.68. The number of hydrogen-bond donors (Lipinski definition) is 0. The maximum absolute atomic E-state index is 12.4. The Labute approximate surface area is 130 Å². The van der Waals surface area contributed by atoms with Gasteiger partial charge in [-0.05, 0) is 31.2 Å². The van der Waals surface area contributed by atoms with Crippen LogP contribution in [0.2, 0.25) is 0 Å². The molecule has 0 fully saturated rings. The average molecular weight is 318 g/mol. The van der Waals surface area contributed by atoms with Crippen LogP contribution in [-0.4, -0.2) is 33.2 Å². The molecule has 2 aromatic carbocycles. The number of nitrogens with zero attached hydrogens (tertiary/aromatic N) is 2. The second kappa shape index (κ2) is 6.62. The van der Waals surface area contributed by atoms with Crippen molar-refractivity contribution in [3.8, 4) is 5.75 Å². The smallest absolute Gasteiger partial charge is 0.278 e. The van der Waals surface area contributed by atoms with Crippen LogP contribution in [0.4, 0.5) is 0 Å². The van der Waals surface area contributed by atoms with Crippen LogP contribution in [0, 0.1) is 6.92 Å². The van der Waals surface area contributed by atoms with Gasteiger partial charge in [0.25, 0.3) is 10.0 Å². The summed E-state index contributed by atoms with van der Waals surface area (Å²) in [5.41, 5.74) is 1.70. The minimum atomic E-state index is -3.65. The van der Waals surface area contributed by atoms with Gasteiger partial charge in [0, 0.05) is 12.6 Å². The Morgan fingerprint density at radius 3 is 2.36 bits per heavy atom. The standard InChI is InChI=1S/C16H18N2O3S/c1-13-8-10-15(11-9-13)22(19,20)18(2)17-12-14-6-4-5-7-16(14)21-3/h4-12H,1-3H3. The number of hydrazone groups is 1. The molecule has 0 aromatic heterocycles. The van der Waals surface area contributed by atoms with Crippen LogP contribution < -0.4 is 4.74 Å². The summed E-state index contributed by atoms with van der Waals surface area (Å²) in [5, 5.41) is 4.01. The zero-order valence-corrected chi connectivity index (χ0v) is 13.5. The van der Waals surface area contributed by atoms with E-state index in [1.54, 1.807) is 43.5 Å². The van der Waals surface area contributed by atoms with Gasteiger partial charge in [0.2, 0.25) is 0 Å². The highest BCUT2D eigenvalue weighted by Gasteiger charge is 2.18. The SMILES string of the molecule is COc1ccccc1C=NN(C)S(=O)(=O)c1ccc(C)cc1. The highest BCUT2D eigenvalue weighted by molar-refractivity contribution is 7.89. The Morgan fingerprint density at radius 2 is 1.73 bits per heavy atom. The molecule has 0 aliphatic heterocycles. The van der Waals surface area contributed by atoms with Gasteiger partial charge in [0.1, 0.15) is 5.75 Å². The van der Waals surface area contributed by atoms with Crippen LogP contribution >= 0.6 is 0 Å². The number of para-hydroxylation sites is 1. The van der Waals surface area contributed by atoms with Crippen molar-refractivity contribution >= 4 is 16.2 Å². The third-order valence-electron chi connectivity index (χ3n) is 3.17. The minimum absolute atomic E-state index is 0.206. The largest absolute Gasteiger partial charge is 0.496 e. The first-order valence-corrected chi connectivity index (χ1v) is 8.12. The summed E-state index contributed by atoms with van der Waals surface area (Å²) in [5.74, 6) is 0.632. The molecule has 0 bridgehead atoms. The van der Waals surface area contributed by atoms with Crippen LogP contribution in [0.3, 0.4) is 0 Å². The lowest BCUT2D eigenvalue weighted by molar-refractivity contribution is 0.414. The number of benzene rings is 2. The Balaban J connectivity index is 2.25. The molecule has 0 unspecified atom stereocenters. The zero-order chi connectivity index (χ0) is 16.2. The molecule has 116 valence electrons. The maximum Gasteiger partial charge on any atom is 0.278 e. The summed E-state index contributed by atoms with van der Waals surface area (Å²) in [6.45, 7) is 1.90. The molecule has 0 aliphatic rings. The van der Waals surface area contributed by atoms with E-state index in [1.165, 1.54) is 13.3 Å². The van der Waals surface area contributed by atoms with E-state index in [1.807, 2.05) is 19.1 Å². The van der Waals surface area contributed by atoms with Crippen molar-refractivity contribution in [3.05, 3.63) is 59.7 Å². The number of hydrogen-bond acceptors (Lipinski definition) is 4. The second-order valence-corrected chi connectivity index (χ2v) is 6.69. The van der Waals surface area contributed by atoms with E-state index in [4.69, 9.17) is 4.74 Å². The highest BCUT2D eigenvalue weighted by Crippen LogP contribution is 2.17. The van der Waals surface area contributed by atoms with Crippen molar-refractivity contribution in [3.63, 3.8) is 0 Å². The van der Waals surface area contributed by atoms with Gasteiger partial charge in [0.05, 0.1) is 18.2 Å². The molecule has 22 heavy (non-hydrogen) atoms. The van der Waals surface area contributed by atoms with Crippen molar-refractivity contribution in [2.45, 2.75) is 11.8 Å². The third-order valence-corrected chi connectivity index (χ3v) is 4.82. The first kappa shape index (κ1) is 16.0. The number of aryl methyl sites for hydroxylation is 1. The molecule has 0 saturated heterocycles. The topological polar surface area (TPSA) is 59.0 Å². The molecule has 0 spiro atoms. The predicted octanol–water partition coefficient (Wildman–Crippen LogP) is 2.66. The lowest BCUT2D eigenvalue weighted by Gasteiger charge is -2.14. The summed E-state index contributed by atoms with van der Waals surface area (Å²) in [7, 11) is -0.692. The van der Waals surface area contributed by atoms with Crippen molar-refractivity contribution < 1.29 is 13.2 Å². The molecule has 0 radical (unpaired) electrons. The fourth-order valence-electron chi connectivity index (χ4n) is 1.84. The molecule has 0 saturated carbocycles. The highest BCUT2D eigenvalue weighted by atomic mass is 32.2. The van der Waals surface area contributed by atoms with Gasteiger partial charge >= 0.3 is 0 Å². The summed E-state index contributed by atoms with van der Waals surface area (Å²) < 4.78 is 31.0. The summed E-state index contributed by atoms with van der Waals surface area (Å²) in [4.78, 5) is 0.206. The van der Waals surface area contributed by atoms with E-state index in [0.29, 0.717) is 11.3 Å². The van der Waals surface area contributed by atoms with E-state index in [-0.39, 0.29) is 4.90 Å². The average Bonchev–Trinajstić information content (AvgIpc) is 2.53. The molecule has 0 heterocycles. The summed E-state index contributed by atoms with van der Waals surface area (Å²) >= 11 is 0. The van der Waals surface area contributed by atoms with Gasteiger partial charge in [-0.15, -0.1) is 0 Å². The van der Waals surface area contributed by atoms with E-state index in [2.05, 4.69) is 5.10 Å². The summed E-state index contributed by atoms with van der Waals surface area (Å²) in [6, 6.07) is 13.9. The lowest BCUT2D eigenvalue weighted by Crippen LogP contribution is -2.21. The van der Waals surface area contributed by atoms with Crippen LogP contribution in [0.15, 0.2) is 58.5 Å². The molecule has 0 N–H and O–H groups in total. The van der Waals surface area contributed by atoms with Crippen LogP contribution in [0.1, 0.15) is 11.1 Å². The number of ether oxygens (including phenoxy) is 1. The maximum atomic E-state index is 12.4. The molecule has 2 aromatic rings.